The highest BCUT2D eigenvalue weighted by Crippen LogP contribution is 2.21. The summed E-state index contributed by atoms with van der Waals surface area (Å²) < 4.78 is 0. The van der Waals surface area contributed by atoms with Crippen molar-refractivity contribution in [1.29, 1.82) is 0 Å². The van der Waals surface area contributed by atoms with Crippen molar-refractivity contribution in [2.24, 2.45) is 10.7 Å². The first-order chi connectivity index (χ1) is 9.02. The van der Waals surface area contributed by atoms with Crippen molar-refractivity contribution in [2.45, 2.75) is 6.92 Å². The molecule has 19 heavy (non-hydrogen) atoms. The molecule has 1 aromatic rings. The number of carbonyl (C=O) groups is 2. The third-order valence-corrected chi connectivity index (χ3v) is 3.33. The molecular weight excluding hydrogens is 262 g/mol. The van der Waals surface area contributed by atoms with Gasteiger partial charge in [0.25, 0.3) is 11.8 Å². The van der Waals surface area contributed by atoms with Crippen molar-refractivity contribution in [3.63, 3.8) is 0 Å². The van der Waals surface area contributed by atoms with Gasteiger partial charge in [0.15, 0.2) is 0 Å². The van der Waals surface area contributed by atoms with Crippen LogP contribution >= 0.6 is 11.8 Å². The van der Waals surface area contributed by atoms with E-state index in [4.69, 9.17) is 5.73 Å². The van der Waals surface area contributed by atoms with E-state index >= 15 is 0 Å². The second-order valence-corrected chi connectivity index (χ2v) is 4.83. The number of aryl methyl sites for hydroxylation is 1. The van der Waals surface area contributed by atoms with Gasteiger partial charge in [0.05, 0.1) is 0 Å². The van der Waals surface area contributed by atoms with Crippen LogP contribution in [-0.4, -0.2) is 23.1 Å². The van der Waals surface area contributed by atoms with Crippen molar-refractivity contribution in [3.05, 3.63) is 41.1 Å². The van der Waals surface area contributed by atoms with Gasteiger partial charge in [-0.2, -0.15) is 0 Å². The van der Waals surface area contributed by atoms with Crippen molar-refractivity contribution >= 4 is 34.3 Å². The maximum Gasteiger partial charge on any atom is 0.294 e. The highest BCUT2D eigenvalue weighted by atomic mass is 32.2. The van der Waals surface area contributed by atoms with Gasteiger partial charge in [0.2, 0.25) is 0 Å². The third-order valence-electron chi connectivity index (χ3n) is 2.65. The molecular formula is C13H13N3O2S. The topological polar surface area (TPSA) is 84.6 Å². The van der Waals surface area contributed by atoms with E-state index in [0.29, 0.717) is 10.7 Å². The number of nitrogens with zero attached hydrogens (tertiary/aromatic N) is 1. The first-order valence-corrected chi connectivity index (χ1v) is 6.80. The molecule has 0 saturated carbocycles. The minimum atomic E-state index is -0.557. The fourth-order valence-electron chi connectivity index (χ4n) is 1.63. The van der Waals surface area contributed by atoms with Gasteiger partial charge in [-0.25, -0.2) is 4.99 Å². The minimum absolute atomic E-state index is 0.103. The van der Waals surface area contributed by atoms with E-state index in [-0.39, 0.29) is 11.3 Å². The normalized spacial score (nSPS) is 14.6. The van der Waals surface area contributed by atoms with Crippen LogP contribution in [0.25, 0.3) is 0 Å². The smallest absolute Gasteiger partial charge is 0.294 e. The molecule has 5 nitrogen and oxygen atoms in total. The zero-order chi connectivity index (χ0) is 14.0. The SMILES string of the molecule is CSC1=NC(=O)C(N)=C1C(=O)Nc1ccc(C)cc1. The molecule has 2 rings (SSSR count). The number of carbonyl (C=O) groups excluding carboxylic acids is 2. The summed E-state index contributed by atoms with van der Waals surface area (Å²) >= 11 is 1.22. The van der Waals surface area contributed by atoms with E-state index in [0.717, 1.165) is 5.56 Å². The van der Waals surface area contributed by atoms with Crippen LogP contribution in [0.15, 0.2) is 40.5 Å². The Kier molecular flexibility index (Phi) is 3.71. The maximum absolute atomic E-state index is 12.1. The maximum atomic E-state index is 12.1. The zero-order valence-corrected chi connectivity index (χ0v) is 11.4. The van der Waals surface area contributed by atoms with Crippen molar-refractivity contribution in [2.75, 3.05) is 11.6 Å². The summed E-state index contributed by atoms with van der Waals surface area (Å²) in [5.41, 5.74) is 7.40. The second kappa shape index (κ2) is 5.27. The molecule has 1 aliphatic heterocycles. The summed E-state index contributed by atoms with van der Waals surface area (Å²) in [4.78, 5) is 27.2. The van der Waals surface area contributed by atoms with E-state index < -0.39 is 11.8 Å². The molecule has 1 heterocycles. The molecule has 0 spiro atoms. The summed E-state index contributed by atoms with van der Waals surface area (Å²) in [6.07, 6.45) is 1.74. The summed E-state index contributed by atoms with van der Waals surface area (Å²) in [5.74, 6) is -0.973. The average Bonchev–Trinajstić information content (AvgIpc) is 2.68. The standard InChI is InChI=1S/C13H13N3O2S/c1-7-3-5-8(6-4-7)15-11(17)9-10(14)12(18)16-13(9)19-2/h3-6H,1-2H3,(H,15,17)(H2,14,16,18). The van der Waals surface area contributed by atoms with E-state index in [1.165, 1.54) is 11.8 Å². The molecule has 6 heteroatoms. The Hall–Kier alpha value is -2.08. The van der Waals surface area contributed by atoms with Crippen LogP contribution in [0.5, 0.6) is 0 Å². The molecule has 2 amide bonds. The predicted molar refractivity (Wildman–Crippen MR) is 77.0 cm³/mol. The Morgan fingerprint density at radius 1 is 1.32 bits per heavy atom. The number of rotatable bonds is 2. The second-order valence-electron chi connectivity index (χ2n) is 4.04. The summed E-state index contributed by atoms with van der Waals surface area (Å²) in [7, 11) is 0. The molecule has 0 atom stereocenters. The number of benzene rings is 1. The Bertz CT molecular complexity index is 603. The zero-order valence-electron chi connectivity index (χ0n) is 10.6. The van der Waals surface area contributed by atoms with Crippen LogP contribution in [0.3, 0.4) is 0 Å². The summed E-state index contributed by atoms with van der Waals surface area (Å²) in [5, 5.41) is 3.06. The van der Waals surface area contributed by atoms with Crippen LogP contribution in [0.4, 0.5) is 5.69 Å². The number of hydrogen-bond acceptors (Lipinski definition) is 4. The molecule has 0 radical (unpaired) electrons. The lowest BCUT2D eigenvalue weighted by Gasteiger charge is -2.07. The molecule has 0 fully saturated rings. The molecule has 98 valence electrons. The number of amides is 2. The lowest BCUT2D eigenvalue weighted by molar-refractivity contribution is -0.115. The van der Waals surface area contributed by atoms with Crippen molar-refractivity contribution < 1.29 is 9.59 Å². The summed E-state index contributed by atoms with van der Waals surface area (Å²) in [6.45, 7) is 1.96. The Labute approximate surface area is 115 Å². The van der Waals surface area contributed by atoms with Gasteiger partial charge >= 0.3 is 0 Å². The van der Waals surface area contributed by atoms with Gasteiger partial charge < -0.3 is 11.1 Å². The fourth-order valence-corrected chi connectivity index (χ4v) is 2.21. The van der Waals surface area contributed by atoms with Gasteiger partial charge in [-0.15, -0.1) is 11.8 Å². The van der Waals surface area contributed by atoms with Crippen LogP contribution in [0.2, 0.25) is 0 Å². The van der Waals surface area contributed by atoms with Crippen molar-refractivity contribution in [1.82, 2.24) is 0 Å². The lowest BCUT2D eigenvalue weighted by atomic mass is 10.2. The first kappa shape index (κ1) is 13.4. The number of nitrogens with two attached hydrogens (primary N) is 1. The molecule has 1 aromatic carbocycles. The molecule has 0 aliphatic carbocycles. The number of aliphatic imine (C=N–C) groups is 1. The molecule has 0 unspecified atom stereocenters. The fraction of sp³-hybridized carbons (Fsp3) is 0.154. The van der Waals surface area contributed by atoms with Gasteiger partial charge in [0, 0.05) is 5.69 Å². The number of hydrogen-bond donors (Lipinski definition) is 2. The van der Waals surface area contributed by atoms with E-state index in [1.807, 2.05) is 19.1 Å². The Morgan fingerprint density at radius 2 is 1.95 bits per heavy atom. The molecule has 0 aromatic heterocycles. The number of anilines is 1. The van der Waals surface area contributed by atoms with E-state index in [2.05, 4.69) is 10.3 Å². The average molecular weight is 275 g/mol. The van der Waals surface area contributed by atoms with Crippen molar-refractivity contribution in [3.8, 4) is 0 Å². The molecule has 1 aliphatic rings. The van der Waals surface area contributed by atoms with Crippen LogP contribution in [0, 0.1) is 6.92 Å². The number of thioether (sulfide) groups is 1. The van der Waals surface area contributed by atoms with Gasteiger partial charge in [-0.05, 0) is 25.3 Å². The highest BCUT2D eigenvalue weighted by molar-refractivity contribution is 8.14. The molecule has 3 N–H and O–H groups in total. The monoisotopic (exact) mass is 275 g/mol. The Morgan fingerprint density at radius 3 is 2.53 bits per heavy atom. The molecule has 0 bridgehead atoms. The van der Waals surface area contributed by atoms with Crippen LogP contribution in [0.1, 0.15) is 5.56 Å². The number of nitrogens with one attached hydrogen (secondary N) is 1. The largest absolute Gasteiger partial charge is 0.393 e. The Balaban J connectivity index is 2.23. The van der Waals surface area contributed by atoms with E-state index in [1.54, 1.807) is 18.4 Å². The quantitative estimate of drug-likeness (QED) is 0.855. The third kappa shape index (κ3) is 2.68. The highest BCUT2D eigenvalue weighted by Gasteiger charge is 2.29. The van der Waals surface area contributed by atoms with Gasteiger partial charge in [0.1, 0.15) is 16.3 Å². The predicted octanol–water partition coefficient (Wildman–Crippen LogP) is 1.45. The van der Waals surface area contributed by atoms with Gasteiger partial charge in [-0.1, -0.05) is 17.7 Å². The van der Waals surface area contributed by atoms with Crippen LogP contribution < -0.4 is 11.1 Å². The lowest BCUT2D eigenvalue weighted by Crippen LogP contribution is -2.21. The minimum Gasteiger partial charge on any atom is -0.393 e. The van der Waals surface area contributed by atoms with E-state index in [9.17, 15) is 9.59 Å². The summed E-state index contributed by atoms with van der Waals surface area (Å²) in [6, 6.07) is 7.35. The van der Waals surface area contributed by atoms with Crippen LogP contribution in [-0.2, 0) is 9.59 Å². The first-order valence-electron chi connectivity index (χ1n) is 5.58. The molecule has 0 saturated heterocycles. The van der Waals surface area contributed by atoms with Gasteiger partial charge in [-0.3, -0.25) is 9.59 Å².